The predicted molar refractivity (Wildman–Crippen MR) is 115 cm³/mol. The summed E-state index contributed by atoms with van der Waals surface area (Å²) in [6.07, 6.45) is 2.90. The summed E-state index contributed by atoms with van der Waals surface area (Å²) in [6, 6.07) is 3.37. The van der Waals surface area contributed by atoms with Gasteiger partial charge in [0.05, 0.1) is 5.75 Å². The van der Waals surface area contributed by atoms with E-state index >= 15 is 0 Å². The zero-order valence-corrected chi connectivity index (χ0v) is 17.9. The molecule has 0 saturated carbocycles. The highest BCUT2D eigenvalue weighted by molar-refractivity contribution is 8.00. The largest absolute Gasteiger partial charge is 0.383 e. The number of anilines is 2. The van der Waals surface area contributed by atoms with Crippen LogP contribution in [0.4, 0.5) is 20.3 Å². The van der Waals surface area contributed by atoms with Crippen LogP contribution in [0.1, 0.15) is 39.5 Å². The van der Waals surface area contributed by atoms with Gasteiger partial charge in [-0.15, -0.1) is 11.8 Å². The number of benzene rings is 1. The Hall–Kier alpha value is -2.62. The van der Waals surface area contributed by atoms with Gasteiger partial charge in [0.25, 0.3) is 5.56 Å². The molecular weight excluding hydrogens is 414 g/mol. The van der Waals surface area contributed by atoms with Crippen LogP contribution >= 0.6 is 11.8 Å². The highest BCUT2D eigenvalue weighted by atomic mass is 32.2. The molecule has 10 heteroatoms. The monoisotopic (exact) mass is 440 g/mol. The average molecular weight is 441 g/mol. The molecule has 2 rings (SSSR count). The molecule has 0 bridgehead atoms. The quantitative estimate of drug-likeness (QED) is 0.553. The fourth-order valence-corrected chi connectivity index (χ4v) is 3.64. The van der Waals surface area contributed by atoms with Crippen LogP contribution in [-0.2, 0) is 11.3 Å². The first-order valence-corrected chi connectivity index (χ1v) is 10.8. The zero-order chi connectivity index (χ0) is 22.3. The maximum atomic E-state index is 13.4. The molecular formula is C20H26F2N4O3S. The van der Waals surface area contributed by atoms with Crippen LogP contribution in [0.5, 0.6) is 0 Å². The van der Waals surface area contributed by atoms with E-state index in [0.29, 0.717) is 24.3 Å². The van der Waals surface area contributed by atoms with Gasteiger partial charge in [-0.2, -0.15) is 0 Å². The number of aromatic nitrogens is 2. The standard InChI is InChI=1S/C20H26F2N4O3S/c1-3-5-9-25(16(27)12-30-13-7-8-14(21)15(22)11-13)17-18(23)26(10-6-4-2)20(29)24-19(17)28/h7-8,11H,3-6,9-10,12,23H2,1-2H3,(H,24,28,29). The number of H-pyrrole nitrogens is 1. The van der Waals surface area contributed by atoms with E-state index in [9.17, 15) is 23.2 Å². The maximum absolute atomic E-state index is 13.4. The topological polar surface area (TPSA) is 101 Å². The third kappa shape index (κ3) is 5.71. The number of amides is 1. The van der Waals surface area contributed by atoms with E-state index in [0.717, 1.165) is 36.7 Å². The number of hydrogen-bond acceptors (Lipinski definition) is 5. The summed E-state index contributed by atoms with van der Waals surface area (Å²) < 4.78 is 27.8. The summed E-state index contributed by atoms with van der Waals surface area (Å²) in [6.45, 7) is 4.46. The van der Waals surface area contributed by atoms with E-state index in [1.165, 1.54) is 15.5 Å². The van der Waals surface area contributed by atoms with Crippen LogP contribution in [0.25, 0.3) is 0 Å². The van der Waals surface area contributed by atoms with Crippen molar-refractivity contribution in [3.63, 3.8) is 0 Å². The number of nitrogens with two attached hydrogens (primary N) is 1. The second kappa shape index (κ2) is 11.0. The minimum atomic E-state index is -1.00. The number of halogens is 2. The summed E-state index contributed by atoms with van der Waals surface area (Å²) in [5.41, 5.74) is 4.72. The molecule has 0 unspecified atom stereocenters. The number of nitrogens with one attached hydrogen (secondary N) is 1. The molecule has 3 N–H and O–H groups in total. The van der Waals surface area contributed by atoms with Crippen LogP contribution in [0.3, 0.4) is 0 Å². The number of unbranched alkanes of at least 4 members (excludes halogenated alkanes) is 2. The van der Waals surface area contributed by atoms with E-state index in [1.807, 2.05) is 13.8 Å². The van der Waals surface area contributed by atoms with Gasteiger partial charge in [0.1, 0.15) is 5.82 Å². The third-order valence-corrected chi connectivity index (χ3v) is 5.49. The number of nitrogen functional groups attached to an aromatic ring is 1. The molecule has 1 heterocycles. The molecule has 1 amide bonds. The molecule has 1 aromatic carbocycles. The maximum Gasteiger partial charge on any atom is 0.330 e. The number of thioether (sulfide) groups is 1. The van der Waals surface area contributed by atoms with Crippen LogP contribution in [0.15, 0.2) is 32.7 Å². The number of rotatable bonds is 10. The SMILES string of the molecule is CCCCN(C(=O)CSc1ccc(F)c(F)c1)c1c(N)n(CCCC)c(=O)[nH]c1=O. The van der Waals surface area contributed by atoms with Gasteiger partial charge in [0, 0.05) is 18.0 Å². The molecule has 30 heavy (non-hydrogen) atoms. The zero-order valence-electron chi connectivity index (χ0n) is 17.0. The molecule has 164 valence electrons. The van der Waals surface area contributed by atoms with E-state index < -0.39 is 28.8 Å². The summed E-state index contributed by atoms with van der Waals surface area (Å²) in [7, 11) is 0. The predicted octanol–water partition coefficient (Wildman–Crippen LogP) is 3.12. The molecule has 1 aromatic heterocycles. The molecule has 7 nitrogen and oxygen atoms in total. The van der Waals surface area contributed by atoms with Crippen LogP contribution < -0.4 is 21.9 Å². The first kappa shape index (κ1) is 23.7. The highest BCUT2D eigenvalue weighted by Crippen LogP contribution is 2.23. The lowest BCUT2D eigenvalue weighted by Gasteiger charge is -2.24. The molecule has 0 spiro atoms. The molecule has 0 aliphatic heterocycles. The van der Waals surface area contributed by atoms with Gasteiger partial charge >= 0.3 is 5.69 Å². The van der Waals surface area contributed by atoms with E-state index in [1.54, 1.807) is 0 Å². The Kier molecular flexibility index (Phi) is 8.64. The molecule has 0 aliphatic rings. The molecule has 2 aromatic rings. The van der Waals surface area contributed by atoms with Crippen LogP contribution in [0.2, 0.25) is 0 Å². The Morgan fingerprint density at radius 2 is 1.87 bits per heavy atom. The number of carbonyl (C=O) groups excluding carboxylic acids is 1. The smallest absolute Gasteiger partial charge is 0.330 e. The van der Waals surface area contributed by atoms with Gasteiger partial charge in [0.2, 0.25) is 5.91 Å². The van der Waals surface area contributed by atoms with Crippen molar-refractivity contribution >= 4 is 29.2 Å². The summed E-state index contributed by atoms with van der Waals surface area (Å²) in [5, 5.41) is 0. The molecule has 0 aliphatic carbocycles. The molecule has 0 fully saturated rings. The van der Waals surface area contributed by atoms with Gasteiger partial charge in [-0.25, -0.2) is 13.6 Å². The van der Waals surface area contributed by atoms with Gasteiger partial charge in [-0.05, 0) is 31.0 Å². The molecule has 0 radical (unpaired) electrons. The van der Waals surface area contributed by atoms with Crippen molar-refractivity contribution in [3.8, 4) is 0 Å². The second-order valence-electron chi connectivity index (χ2n) is 6.76. The van der Waals surface area contributed by atoms with Crippen molar-refractivity contribution in [2.24, 2.45) is 0 Å². The lowest BCUT2D eigenvalue weighted by molar-refractivity contribution is -0.116. The van der Waals surface area contributed by atoms with Gasteiger partial charge in [-0.1, -0.05) is 26.7 Å². The molecule has 0 atom stereocenters. The Bertz CT molecular complexity index is 1010. The minimum Gasteiger partial charge on any atom is -0.383 e. The normalized spacial score (nSPS) is 10.9. The fourth-order valence-electron chi connectivity index (χ4n) is 2.84. The highest BCUT2D eigenvalue weighted by Gasteiger charge is 2.24. The Labute approximate surface area is 177 Å². The van der Waals surface area contributed by atoms with Gasteiger partial charge in [0.15, 0.2) is 17.3 Å². The fraction of sp³-hybridized carbons (Fsp3) is 0.450. The van der Waals surface area contributed by atoms with E-state index in [2.05, 4.69) is 4.98 Å². The van der Waals surface area contributed by atoms with Crippen molar-refractivity contribution in [3.05, 3.63) is 50.7 Å². The third-order valence-electron chi connectivity index (χ3n) is 4.51. The van der Waals surface area contributed by atoms with Crippen molar-refractivity contribution < 1.29 is 13.6 Å². The summed E-state index contributed by atoms with van der Waals surface area (Å²) in [5.74, 6) is -2.56. The Morgan fingerprint density at radius 3 is 2.50 bits per heavy atom. The summed E-state index contributed by atoms with van der Waals surface area (Å²) in [4.78, 5) is 41.5. The van der Waals surface area contributed by atoms with E-state index in [-0.39, 0.29) is 23.8 Å². The lowest BCUT2D eigenvalue weighted by Crippen LogP contribution is -2.42. The van der Waals surface area contributed by atoms with Gasteiger partial charge in [-0.3, -0.25) is 19.1 Å². The number of hydrogen-bond donors (Lipinski definition) is 2. The van der Waals surface area contributed by atoms with Crippen molar-refractivity contribution in [1.82, 2.24) is 9.55 Å². The van der Waals surface area contributed by atoms with E-state index in [4.69, 9.17) is 5.73 Å². The first-order valence-electron chi connectivity index (χ1n) is 9.80. The van der Waals surface area contributed by atoms with Crippen LogP contribution in [0, 0.1) is 11.6 Å². The number of nitrogens with zero attached hydrogens (tertiary/aromatic N) is 2. The minimum absolute atomic E-state index is 0.0560. The first-order chi connectivity index (χ1) is 14.3. The average Bonchev–Trinajstić information content (AvgIpc) is 2.70. The van der Waals surface area contributed by atoms with Crippen LogP contribution in [-0.4, -0.2) is 27.8 Å². The second-order valence-corrected chi connectivity index (χ2v) is 7.81. The molecule has 0 saturated heterocycles. The lowest BCUT2D eigenvalue weighted by atomic mass is 10.2. The van der Waals surface area contributed by atoms with Crippen molar-refractivity contribution in [2.75, 3.05) is 22.9 Å². The summed E-state index contributed by atoms with van der Waals surface area (Å²) >= 11 is 1.02. The van der Waals surface area contributed by atoms with Crippen molar-refractivity contribution in [1.29, 1.82) is 0 Å². The number of aromatic amines is 1. The Morgan fingerprint density at radius 1 is 1.17 bits per heavy atom. The Balaban J connectivity index is 2.34. The number of carbonyl (C=O) groups is 1. The van der Waals surface area contributed by atoms with Crippen molar-refractivity contribution in [2.45, 2.75) is 51.0 Å². The van der Waals surface area contributed by atoms with Gasteiger partial charge < -0.3 is 10.6 Å².